The summed E-state index contributed by atoms with van der Waals surface area (Å²) in [5.74, 6) is 0.317. The van der Waals surface area contributed by atoms with Crippen LogP contribution in [0.5, 0.6) is 5.75 Å². The van der Waals surface area contributed by atoms with Gasteiger partial charge in [-0.2, -0.15) is 0 Å². The highest BCUT2D eigenvalue weighted by Crippen LogP contribution is 2.24. The van der Waals surface area contributed by atoms with Gasteiger partial charge in [0.2, 0.25) is 0 Å². The summed E-state index contributed by atoms with van der Waals surface area (Å²) in [6.07, 6.45) is 0.180. The van der Waals surface area contributed by atoms with E-state index in [0.717, 1.165) is 0 Å². The Hall–Kier alpha value is -1.13. The van der Waals surface area contributed by atoms with Crippen LogP contribution in [0.2, 0.25) is 0 Å². The van der Waals surface area contributed by atoms with Gasteiger partial charge >= 0.3 is 0 Å². The number of ether oxygens (including phenoxy) is 2. The van der Waals surface area contributed by atoms with Gasteiger partial charge in [-0.25, -0.2) is 4.39 Å². The predicted molar refractivity (Wildman–Crippen MR) is 65.6 cm³/mol. The fourth-order valence-corrected chi connectivity index (χ4v) is 1.44. The molecule has 4 heteroatoms. The average Bonchev–Trinajstić information content (AvgIpc) is 2.25. The molecule has 0 radical (unpaired) electrons. The fourth-order valence-electron chi connectivity index (χ4n) is 1.44. The molecule has 0 saturated carbocycles. The number of hydrogen-bond donors (Lipinski definition) is 1. The van der Waals surface area contributed by atoms with Gasteiger partial charge in [-0.05, 0) is 39.0 Å². The van der Waals surface area contributed by atoms with E-state index in [1.165, 1.54) is 12.1 Å². The number of rotatable bonds is 6. The summed E-state index contributed by atoms with van der Waals surface area (Å²) in [7, 11) is 0. The standard InChI is InChI=1S/C13H20FNO2/c1-9(2)16-6-7-17-13-5-4-11(14)8-12(13)10(3)15/h4-5,8-10H,6-7,15H2,1-3H3/t10-/m0/s1. The third-order valence-corrected chi connectivity index (χ3v) is 2.25. The van der Waals surface area contributed by atoms with Gasteiger partial charge in [0.1, 0.15) is 18.2 Å². The monoisotopic (exact) mass is 241 g/mol. The van der Waals surface area contributed by atoms with Gasteiger partial charge in [0.15, 0.2) is 0 Å². The number of hydrogen-bond acceptors (Lipinski definition) is 3. The van der Waals surface area contributed by atoms with E-state index >= 15 is 0 Å². The maximum Gasteiger partial charge on any atom is 0.124 e. The molecule has 2 N–H and O–H groups in total. The lowest BCUT2D eigenvalue weighted by atomic mass is 10.1. The van der Waals surface area contributed by atoms with E-state index in [1.54, 1.807) is 13.0 Å². The van der Waals surface area contributed by atoms with Crippen molar-refractivity contribution in [3.05, 3.63) is 29.6 Å². The average molecular weight is 241 g/mol. The highest BCUT2D eigenvalue weighted by molar-refractivity contribution is 5.36. The Morgan fingerprint density at radius 1 is 1.24 bits per heavy atom. The molecular weight excluding hydrogens is 221 g/mol. The van der Waals surface area contributed by atoms with E-state index in [0.29, 0.717) is 24.5 Å². The second-order valence-corrected chi connectivity index (χ2v) is 4.24. The summed E-state index contributed by atoms with van der Waals surface area (Å²) in [6.45, 7) is 6.67. The van der Waals surface area contributed by atoms with Crippen molar-refractivity contribution in [2.24, 2.45) is 5.73 Å². The third kappa shape index (κ3) is 4.71. The molecule has 96 valence electrons. The van der Waals surface area contributed by atoms with Crippen molar-refractivity contribution in [3.8, 4) is 5.75 Å². The van der Waals surface area contributed by atoms with Crippen LogP contribution in [0.15, 0.2) is 18.2 Å². The minimum atomic E-state index is -0.303. The smallest absolute Gasteiger partial charge is 0.124 e. The van der Waals surface area contributed by atoms with E-state index in [1.807, 2.05) is 13.8 Å². The molecule has 0 amide bonds. The minimum Gasteiger partial charge on any atom is -0.491 e. The molecule has 0 fully saturated rings. The first-order valence-corrected chi connectivity index (χ1v) is 5.80. The summed E-state index contributed by atoms with van der Waals surface area (Å²) < 4.78 is 24.0. The van der Waals surface area contributed by atoms with Gasteiger partial charge in [-0.3, -0.25) is 0 Å². The van der Waals surface area contributed by atoms with Crippen molar-refractivity contribution in [2.45, 2.75) is 32.9 Å². The van der Waals surface area contributed by atoms with Crippen molar-refractivity contribution in [2.75, 3.05) is 13.2 Å². The molecule has 1 atom stereocenters. The molecule has 0 aromatic heterocycles. The quantitative estimate of drug-likeness (QED) is 0.779. The Morgan fingerprint density at radius 3 is 2.53 bits per heavy atom. The van der Waals surface area contributed by atoms with E-state index in [2.05, 4.69) is 0 Å². The van der Waals surface area contributed by atoms with E-state index < -0.39 is 0 Å². The molecule has 0 bridgehead atoms. The Kier molecular flexibility index (Phi) is 5.38. The van der Waals surface area contributed by atoms with Gasteiger partial charge < -0.3 is 15.2 Å². The second kappa shape index (κ2) is 6.57. The molecule has 0 heterocycles. The first-order chi connectivity index (χ1) is 8.00. The van der Waals surface area contributed by atoms with Crippen LogP contribution in [0.4, 0.5) is 4.39 Å². The fraction of sp³-hybridized carbons (Fsp3) is 0.538. The Bertz CT molecular complexity index is 353. The van der Waals surface area contributed by atoms with E-state index in [9.17, 15) is 4.39 Å². The van der Waals surface area contributed by atoms with E-state index in [4.69, 9.17) is 15.2 Å². The molecule has 1 aromatic rings. The lowest BCUT2D eigenvalue weighted by Crippen LogP contribution is -2.13. The maximum atomic E-state index is 13.1. The van der Waals surface area contributed by atoms with Crippen LogP contribution in [-0.2, 0) is 4.74 Å². The summed E-state index contributed by atoms with van der Waals surface area (Å²) in [5, 5.41) is 0. The van der Waals surface area contributed by atoms with Gasteiger partial charge in [-0.15, -0.1) is 0 Å². The van der Waals surface area contributed by atoms with Crippen molar-refractivity contribution in [3.63, 3.8) is 0 Å². The number of halogens is 1. The maximum absolute atomic E-state index is 13.1. The zero-order chi connectivity index (χ0) is 12.8. The largest absolute Gasteiger partial charge is 0.491 e. The summed E-state index contributed by atoms with van der Waals surface area (Å²) in [5.41, 5.74) is 6.43. The van der Waals surface area contributed by atoms with Crippen LogP contribution in [-0.4, -0.2) is 19.3 Å². The summed E-state index contributed by atoms with van der Waals surface area (Å²) in [4.78, 5) is 0. The molecule has 0 aliphatic heterocycles. The van der Waals surface area contributed by atoms with Gasteiger partial charge in [0, 0.05) is 11.6 Å². The summed E-state index contributed by atoms with van der Waals surface area (Å²) in [6, 6.07) is 4.11. The topological polar surface area (TPSA) is 44.5 Å². The zero-order valence-electron chi connectivity index (χ0n) is 10.6. The zero-order valence-corrected chi connectivity index (χ0v) is 10.6. The van der Waals surface area contributed by atoms with Crippen LogP contribution < -0.4 is 10.5 Å². The van der Waals surface area contributed by atoms with E-state index in [-0.39, 0.29) is 18.0 Å². The first kappa shape index (κ1) is 13.9. The van der Waals surface area contributed by atoms with Crippen molar-refractivity contribution >= 4 is 0 Å². The Balaban J connectivity index is 2.58. The Morgan fingerprint density at radius 2 is 1.94 bits per heavy atom. The molecule has 0 spiro atoms. The van der Waals surface area contributed by atoms with Crippen LogP contribution in [0.25, 0.3) is 0 Å². The van der Waals surface area contributed by atoms with Crippen LogP contribution in [0.3, 0.4) is 0 Å². The second-order valence-electron chi connectivity index (χ2n) is 4.24. The highest BCUT2D eigenvalue weighted by Gasteiger charge is 2.09. The number of benzene rings is 1. The molecule has 0 saturated heterocycles. The lowest BCUT2D eigenvalue weighted by Gasteiger charge is -2.14. The SMILES string of the molecule is CC(C)OCCOc1ccc(F)cc1[C@H](C)N. The Labute approximate surface area is 102 Å². The van der Waals surface area contributed by atoms with Crippen LogP contribution >= 0.6 is 0 Å². The highest BCUT2D eigenvalue weighted by atomic mass is 19.1. The van der Waals surface area contributed by atoms with Crippen molar-refractivity contribution in [1.82, 2.24) is 0 Å². The third-order valence-electron chi connectivity index (χ3n) is 2.25. The van der Waals surface area contributed by atoms with Crippen LogP contribution in [0.1, 0.15) is 32.4 Å². The van der Waals surface area contributed by atoms with Gasteiger partial charge in [0.25, 0.3) is 0 Å². The molecule has 1 rings (SSSR count). The molecule has 17 heavy (non-hydrogen) atoms. The normalized spacial score (nSPS) is 12.8. The minimum absolute atomic E-state index is 0.180. The number of nitrogens with two attached hydrogens (primary N) is 1. The van der Waals surface area contributed by atoms with Gasteiger partial charge in [-0.1, -0.05) is 0 Å². The van der Waals surface area contributed by atoms with Crippen molar-refractivity contribution < 1.29 is 13.9 Å². The summed E-state index contributed by atoms with van der Waals surface area (Å²) >= 11 is 0. The molecule has 3 nitrogen and oxygen atoms in total. The predicted octanol–water partition coefficient (Wildman–Crippen LogP) is 2.65. The van der Waals surface area contributed by atoms with Crippen LogP contribution in [0, 0.1) is 5.82 Å². The molecule has 0 aliphatic carbocycles. The first-order valence-electron chi connectivity index (χ1n) is 5.80. The lowest BCUT2D eigenvalue weighted by molar-refractivity contribution is 0.0550. The van der Waals surface area contributed by atoms with Gasteiger partial charge in [0.05, 0.1) is 12.7 Å². The molecule has 0 unspecified atom stereocenters. The molecule has 0 aliphatic rings. The molecule has 1 aromatic carbocycles. The molecular formula is C13H20FNO2. The van der Waals surface area contributed by atoms with Crippen molar-refractivity contribution in [1.29, 1.82) is 0 Å².